The smallest absolute Gasteiger partial charge is 0.269 e. The van der Waals surface area contributed by atoms with Gasteiger partial charge in [-0.3, -0.25) is 14.9 Å². The second-order valence-corrected chi connectivity index (χ2v) is 5.78. The minimum absolute atomic E-state index is 0.0250. The van der Waals surface area contributed by atoms with Gasteiger partial charge in [0.15, 0.2) is 0 Å². The first-order chi connectivity index (χ1) is 11.4. The lowest BCUT2D eigenvalue weighted by molar-refractivity contribution is -0.384. The van der Waals surface area contributed by atoms with E-state index >= 15 is 0 Å². The predicted octanol–water partition coefficient (Wildman–Crippen LogP) is 2.82. The molecule has 0 bridgehead atoms. The summed E-state index contributed by atoms with van der Waals surface area (Å²) in [6.45, 7) is 2.20. The summed E-state index contributed by atoms with van der Waals surface area (Å²) in [5.41, 5.74) is 0.824. The number of nitrogens with one attached hydrogen (secondary N) is 1. The zero-order chi connectivity index (χ0) is 17.6. The van der Waals surface area contributed by atoms with Gasteiger partial charge in [-0.15, -0.1) is 0 Å². The first-order valence-corrected chi connectivity index (χ1v) is 7.53. The highest BCUT2D eigenvalue weighted by atomic mass is 16.6. The lowest BCUT2D eigenvalue weighted by Crippen LogP contribution is -2.47. The van der Waals surface area contributed by atoms with Crippen molar-refractivity contribution in [2.45, 2.75) is 18.9 Å². The van der Waals surface area contributed by atoms with Crippen LogP contribution < -0.4 is 5.32 Å². The average Bonchev–Trinajstić information content (AvgIpc) is 2.56. The maximum absolute atomic E-state index is 12.4. The van der Waals surface area contributed by atoms with Crippen molar-refractivity contribution in [1.82, 2.24) is 5.32 Å². The Morgan fingerprint density at radius 1 is 1.21 bits per heavy atom. The average molecular weight is 328 g/mol. The number of nitro groups is 1. The van der Waals surface area contributed by atoms with Gasteiger partial charge in [-0.25, -0.2) is 0 Å². The predicted molar refractivity (Wildman–Crippen MR) is 90.6 cm³/mol. The fourth-order valence-electron chi connectivity index (χ4n) is 2.60. The van der Waals surface area contributed by atoms with Crippen LogP contribution in [-0.4, -0.2) is 24.5 Å². The van der Waals surface area contributed by atoms with Gasteiger partial charge in [0.25, 0.3) is 5.69 Å². The first-order valence-electron chi connectivity index (χ1n) is 7.53. The molecule has 2 aromatic rings. The Bertz CT molecular complexity index is 718. The first kappa shape index (κ1) is 17.6. The van der Waals surface area contributed by atoms with E-state index in [1.807, 2.05) is 37.3 Å². The lowest BCUT2D eigenvalue weighted by Gasteiger charge is -2.30. The van der Waals surface area contributed by atoms with E-state index in [9.17, 15) is 14.9 Å². The van der Waals surface area contributed by atoms with E-state index in [1.165, 1.54) is 12.1 Å². The molecule has 0 unspecified atom stereocenters. The molecule has 126 valence electrons. The molecule has 0 aliphatic heterocycles. The minimum atomic E-state index is -0.673. The summed E-state index contributed by atoms with van der Waals surface area (Å²) in [5, 5.41) is 13.8. The third kappa shape index (κ3) is 4.39. The van der Waals surface area contributed by atoms with Crippen molar-refractivity contribution in [1.29, 1.82) is 0 Å². The molecule has 0 spiro atoms. The fraction of sp³-hybridized carbons (Fsp3) is 0.278. The van der Waals surface area contributed by atoms with Crippen LogP contribution in [0.15, 0.2) is 54.6 Å². The van der Waals surface area contributed by atoms with Gasteiger partial charge in [-0.05, 0) is 18.1 Å². The topological polar surface area (TPSA) is 81.5 Å². The molecule has 0 aliphatic carbocycles. The third-order valence-electron chi connectivity index (χ3n) is 3.75. The molecule has 6 heteroatoms. The number of carbonyl (C=O) groups excluding carboxylic acids is 1. The Morgan fingerprint density at radius 3 is 2.54 bits per heavy atom. The van der Waals surface area contributed by atoms with E-state index in [0.717, 1.165) is 5.56 Å². The second-order valence-electron chi connectivity index (χ2n) is 5.78. The van der Waals surface area contributed by atoms with Gasteiger partial charge in [-0.1, -0.05) is 42.5 Å². The van der Waals surface area contributed by atoms with Gasteiger partial charge < -0.3 is 10.1 Å². The molecule has 2 rings (SSSR count). The number of nitro benzene ring substituents is 1. The van der Waals surface area contributed by atoms with Crippen LogP contribution in [0.1, 0.15) is 18.1 Å². The monoisotopic (exact) mass is 328 g/mol. The summed E-state index contributed by atoms with van der Waals surface area (Å²) in [6, 6.07) is 15.6. The molecule has 1 N–H and O–H groups in total. The van der Waals surface area contributed by atoms with E-state index in [0.29, 0.717) is 12.2 Å². The van der Waals surface area contributed by atoms with Crippen LogP contribution in [-0.2, 0) is 21.5 Å². The molecule has 0 heterocycles. The van der Waals surface area contributed by atoms with Crippen molar-refractivity contribution in [3.8, 4) is 0 Å². The number of rotatable bonds is 7. The van der Waals surface area contributed by atoms with Crippen LogP contribution in [0, 0.1) is 10.1 Å². The molecular formula is C18H20N2O4. The molecule has 0 fully saturated rings. The highest BCUT2D eigenvalue weighted by Gasteiger charge is 2.28. The molecule has 24 heavy (non-hydrogen) atoms. The Hall–Kier alpha value is -2.73. The summed E-state index contributed by atoms with van der Waals surface area (Å²) in [5.74, 6) is -0.223. The molecule has 1 amide bonds. The van der Waals surface area contributed by atoms with Gasteiger partial charge in [0.05, 0.1) is 23.5 Å². The zero-order valence-electron chi connectivity index (χ0n) is 13.7. The van der Waals surface area contributed by atoms with E-state index in [2.05, 4.69) is 5.32 Å². The third-order valence-corrected chi connectivity index (χ3v) is 3.75. The van der Waals surface area contributed by atoms with Crippen LogP contribution in [0.3, 0.4) is 0 Å². The van der Waals surface area contributed by atoms with Gasteiger partial charge in [0.1, 0.15) is 0 Å². The van der Waals surface area contributed by atoms with Crippen LogP contribution >= 0.6 is 0 Å². The van der Waals surface area contributed by atoms with Crippen molar-refractivity contribution in [3.63, 3.8) is 0 Å². The molecule has 0 saturated carbocycles. The highest BCUT2D eigenvalue weighted by Crippen LogP contribution is 2.21. The number of nitrogens with zero attached hydrogens (tertiary/aromatic N) is 1. The SMILES string of the molecule is COC[C@@](C)(NC(=O)Cc1cccc([N+](=O)[O-])c1)c1ccccc1. The number of methoxy groups -OCH3 is 1. The number of carbonyl (C=O) groups is 1. The maximum atomic E-state index is 12.4. The molecule has 0 aromatic heterocycles. The Kier molecular flexibility index (Phi) is 5.65. The molecule has 2 aromatic carbocycles. The van der Waals surface area contributed by atoms with Gasteiger partial charge in [0.2, 0.25) is 5.91 Å². The number of benzene rings is 2. The number of hydrogen-bond donors (Lipinski definition) is 1. The molecular weight excluding hydrogens is 308 g/mol. The van der Waals surface area contributed by atoms with Crippen molar-refractivity contribution in [2.24, 2.45) is 0 Å². The molecule has 0 aliphatic rings. The van der Waals surface area contributed by atoms with Gasteiger partial charge in [0, 0.05) is 19.2 Å². The Labute approximate surface area is 140 Å². The summed E-state index contributed by atoms with van der Waals surface area (Å²) in [6.07, 6.45) is 0.0633. The zero-order valence-corrected chi connectivity index (χ0v) is 13.7. The molecule has 6 nitrogen and oxygen atoms in total. The van der Waals surface area contributed by atoms with Crippen molar-refractivity contribution in [3.05, 3.63) is 75.8 Å². The quantitative estimate of drug-likeness (QED) is 0.626. The number of ether oxygens (including phenoxy) is 1. The highest BCUT2D eigenvalue weighted by molar-refractivity contribution is 5.79. The molecule has 0 radical (unpaired) electrons. The van der Waals surface area contributed by atoms with Crippen LogP contribution in [0.2, 0.25) is 0 Å². The maximum Gasteiger partial charge on any atom is 0.269 e. The van der Waals surface area contributed by atoms with Crippen molar-refractivity contribution in [2.75, 3.05) is 13.7 Å². The summed E-state index contributed by atoms with van der Waals surface area (Å²) in [4.78, 5) is 22.8. The summed E-state index contributed by atoms with van der Waals surface area (Å²) < 4.78 is 5.26. The van der Waals surface area contributed by atoms with E-state index < -0.39 is 10.5 Å². The number of hydrogen-bond acceptors (Lipinski definition) is 4. The Morgan fingerprint density at radius 2 is 1.92 bits per heavy atom. The fourth-order valence-corrected chi connectivity index (χ4v) is 2.60. The standard InChI is InChI=1S/C18H20N2O4/c1-18(13-24-2,15-8-4-3-5-9-15)19-17(21)12-14-7-6-10-16(11-14)20(22)23/h3-11H,12-13H2,1-2H3,(H,19,21)/t18-/m1/s1. The van der Waals surface area contributed by atoms with Gasteiger partial charge >= 0.3 is 0 Å². The van der Waals surface area contributed by atoms with Crippen molar-refractivity contribution < 1.29 is 14.5 Å². The molecule has 1 atom stereocenters. The number of amides is 1. The van der Waals surface area contributed by atoms with Crippen LogP contribution in [0.4, 0.5) is 5.69 Å². The minimum Gasteiger partial charge on any atom is -0.382 e. The lowest BCUT2D eigenvalue weighted by atomic mass is 9.92. The summed E-state index contributed by atoms with van der Waals surface area (Å²) >= 11 is 0. The number of non-ortho nitro benzene ring substituents is 1. The van der Waals surface area contributed by atoms with Crippen LogP contribution in [0.25, 0.3) is 0 Å². The van der Waals surface area contributed by atoms with Gasteiger partial charge in [-0.2, -0.15) is 0 Å². The van der Waals surface area contributed by atoms with E-state index in [1.54, 1.807) is 19.2 Å². The Balaban J connectivity index is 2.14. The van der Waals surface area contributed by atoms with E-state index in [-0.39, 0.29) is 18.0 Å². The van der Waals surface area contributed by atoms with Crippen molar-refractivity contribution >= 4 is 11.6 Å². The second kappa shape index (κ2) is 7.70. The summed E-state index contributed by atoms with van der Waals surface area (Å²) in [7, 11) is 1.58. The molecule has 0 saturated heterocycles. The largest absolute Gasteiger partial charge is 0.382 e. The van der Waals surface area contributed by atoms with E-state index in [4.69, 9.17) is 4.74 Å². The van der Waals surface area contributed by atoms with Crippen LogP contribution in [0.5, 0.6) is 0 Å². The normalized spacial score (nSPS) is 13.1.